The van der Waals surface area contributed by atoms with Crippen LogP contribution in [-0.2, 0) is 0 Å². The van der Waals surface area contributed by atoms with Gasteiger partial charge in [0.15, 0.2) is 0 Å². The summed E-state index contributed by atoms with van der Waals surface area (Å²) in [5.41, 5.74) is 13.7. The van der Waals surface area contributed by atoms with E-state index in [0.29, 0.717) is 23.2 Å². The van der Waals surface area contributed by atoms with Gasteiger partial charge < -0.3 is 21.5 Å². The molecule has 0 spiro atoms. The van der Waals surface area contributed by atoms with E-state index in [9.17, 15) is 0 Å². The van der Waals surface area contributed by atoms with Crippen LogP contribution in [0.2, 0.25) is 0 Å². The predicted octanol–water partition coefficient (Wildman–Crippen LogP) is 3.46. The van der Waals surface area contributed by atoms with Crippen molar-refractivity contribution in [2.45, 2.75) is 19.9 Å². The molecule has 2 aromatic carbocycles. The van der Waals surface area contributed by atoms with Crippen LogP contribution in [0.5, 0.6) is 11.5 Å². The summed E-state index contributed by atoms with van der Waals surface area (Å²) in [6.45, 7) is 4.19. The minimum Gasteiger partial charge on any atom is -0.455 e. The van der Waals surface area contributed by atoms with Crippen molar-refractivity contribution in [1.29, 1.82) is 0 Å². The Morgan fingerprint density at radius 2 is 1.68 bits per heavy atom. The molecule has 0 saturated heterocycles. The Morgan fingerprint density at radius 1 is 1.00 bits per heavy atom. The second-order valence-electron chi connectivity index (χ2n) is 4.72. The molecular formula is C15H19N3O. The highest BCUT2D eigenvalue weighted by Crippen LogP contribution is 2.29. The number of ether oxygens (including phenoxy) is 1. The zero-order chi connectivity index (χ0) is 13.8. The van der Waals surface area contributed by atoms with Gasteiger partial charge in [0.05, 0.1) is 5.69 Å². The van der Waals surface area contributed by atoms with Crippen molar-refractivity contribution in [2.75, 3.05) is 16.8 Å². The van der Waals surface area contributed by atoms with Crippen molar-refractivity contribution in [3.8, 4) is 11.5 Å². The number of anilines is 3. The van der Waals surface area contributed by atoms with E-state index in [4.69, 9.17) is 16.2 Å². The zero-order valence-corrected chi connectivity index (χ0v) is 11.2. The topological polar surface area (TPSA) is 73.3 Å². The molecule has 0 amide bonds. The van der Waals surface area contributed by atoms with Gasteiger partial charge in [-0.25, -0.2) is 0 Å². The highest BCUT2D eigenvalue weighted by Gasteiger charge is 2.03. The molecule has 4 heteroatoms. The summed E-state index contributed by atoms with van der Waals surface area (Å²) in [5.74, 6) is 1.35. The zero-order valence-electron chi connectivity index (χ0n) is 11.2. The molecule has 2 aromatic rings. The SMILES string of the molecule is CC(C)Nc1ccc(Oc2ccc(N)cc2N)cc1. The van der Waals surface area contributed by atoms with Crippen LogP contribution in [0.4, 0.5) is 17.1 Å². The maximum Gasteiger partial charge on any atom is 0.150 e. The Balaban J connectivity index is 2.10. The number of benzene rings is 2. The van der Waals surface area contributed by atoms with E-state index in [2.05, 4.69) is 19.2 Å². The van der Waals surface area contributed by atoms with Crippen LogP contribution in [0.3, 0.4) is 0 Å². The van der Waals surface area contributed by atoms with Crippen molar-refractivity contribution in [3.05, 3.63) is 42.5 Å². The molecule has 0 heterocycles. The van der Waals surface area contributed by atoms with Gasteiger partial charge in [0, 0.05) is 17.4 Å². The molecule has 19 heavy (non-hydrogen) atoms. The van der Waals surface area contributed by atoms with E-state index in [1.807, 2.05) is 24.3 Å². The van der Waals surface area contributed by atoms with Gasteiger partial charge in [0.2, 0.25) is 0 Å². The molecule has 2 rings (SSSR count). The van der Waals surface area contributed by atoms with Crippen LogP contribution in [0.1, 0.15) is 13.8 Å². The normalized spacial score (nSPS) is 10.5. The van der Waals surface area contributed by atoms with Crippen molar-refractivity contribution in [2.24, 2.45) is 0 Å². The lowest BCUT2D eigenvalue weighted by Crippen LogP contribution is -2.09. The summed E-state index contributed by atoms with van der Waals surface area (Å²) < 4.78 is 5.72. The number of nitrogens with one attached hydrogen (secondary N) is 1. The van der Waals surface area contributed by atoms with Crippen LogP contribution in [-0.4, -0.2) is 6.04 Å². The Kier molecular flexibility index (Phi) is 3.80. The van der Waals surface area contributed by atoms with Gasteiger partial charge >= 0.3 is 0 Å². The molecule has 0 aliphatic carbocycles. The van der Waals surface area contributed by atoms with E-state index in [-0.39, 0.29) is 0 Å². The van der Waals surface area contributed by atoms with E-state index in [1.165, 1.54) is 0 Å². The minimum absolute atomic E-state index is 0.402. The number of hydrogen-bond acceptors (Lipinski definition) is 4. The average Bonchev–Trinajstić information content (AvgIpc) is 2.34. The predicted molar refractivity (Wildman–Crippen MR) is 80.5 cm³/mol. The third-order valence-electron chi connectivity index (χ3n) is 2.57. The first-order valence-corrected chi connectivity index (χ1v) is 6.24. The molecule has 0 aliphatic heterocycles. The fraction of sp³-hybridized carbons (Fsp3) is 0.200. The Hall–Kier alpha value is -2.36. The molecule has 0 bridgehead atoms. The largest absolute Gasteiger partial charge is 0.455 e. The fourth-order valence-corrected chi connectivity index (χ4v) is 1.74. The maximum atomic E-state index is 5.85. The summed E-state index contributed by atoms with van der Waals surface area (Å²) in [6, 6.07) is 13.4. The quantitative estimate of drug-likeness (QED) is 0.733. The monoisotopic (exact) mass is 257 g/mol. The molecule has 0 radical (unpaired) electrons. The second-order valence-corrected chi connectivity index (χ2v) is 4.72. The second kappa shape index (κ2) is 5.52. The first-order chi connectivity index (χ1) is 9.04. The van der Waals surface area contributed by atoms with Crippen molar-refractivity contribution >= 4 is 17.1 Å². The molecule has 0 aliphatic rings. The van der Waals surface area contributed by atoms with E-state index >= 15 is 0 Å². The first kappa shape index (κ1) is 13.1. The summed E-state index contributed by atoms with van der Waals surface area (Å²) >= 11 is 0. The summed E-state index contributed by atoms with van der Waals surface area (Å²) in [4.78, 5) is 0. The lowest BCUT2D eigenvalue weighted by Gasteiger charge is -2.12. The van der Waals surface area contributed by atoms with Gasteiger partial charge in [-0.15, -0.1) is 0 Å². The lowest BCUT2D eigenvalue weighted by molar-refractivity contribution is 0.485. The van der Waals surface area contributed by atoms with Gasteiger partial charge in [-0.3, -0.25) is 0 Å². The summed E-state index contributed by atoms with van der Waals surface area (Å²) in [7, 11) is 0. The number of nitrogens with two attached hydrogens (primary N) is 2. The highest BCUT2D eigenvalue weighted by molar-refractivity contribution is 5.61. The lowest BCUT2D eigenvalue weighted by atomic mass is 10.2. The molecule has 5 N–H and O–H groups in total. The number of rotatable bonds is 4. The molecule has 0 aromatic heterocycles. The Labute approximate surface area is 113 Å². The maximum absolute atomic E-state index is 5.85. The van der Waals surface area contributed by atoms with E-state index in [1.54, 1.807) is 18.2 Å². The van der Waals surface area contributed by atoms with Gasteiger partial charge in [0.1, 0.15) is 11.5 Å². The van der Waals surface area contributed by atoms with Crippen LogP contribution in [0.15, 0.2) is 42.5 Å². The van der Waals surface area contributed by atoms with Gasteiger partial charge in [0.25, 0.3) is 0 Å². The average molecular weight is 257 g/mol. The molecule has 100 valence electrons. The standard InChI is InChI=1S/C15H19N3O/c1-10(2)18-12-4-6-13(7-5-12)19-15-8-3-11(16)9-14(15)17/h3-10,18H,16-17H2,1-2H3. The van der Waals surface area contributed by atoms with Crippen molar-refractivity contribution in [3.63, 3.8) is 0 Å². The molecule has 0 atom stereocenters. The van der Waals surface area contributed by atoms with Crippen LogP contribution >= 0.6 is 0 Å². The van der Waals surface area contributed by atoms with Crippen LogP contribution in [0.25, 0.3) is 0 Å². The first-order valence-electron chi connectivity index (χ1n) is 6.24. The van der Waals surface area contributed by atoms with Gasteiger partial charge in [-0.05, 0) is 56.3 Å². The van der Waals surface area contributed by atoms with E-state index in [0.717, 1.165) is 11.4 Å². The minimum atomic E-state index is 0.402. The summed E-state index contributed by atoms with van der Waals surface area (Å²) in [6.07, 6.45) is 0. The number of nitrogen functional groups attached to an aromatic ring is 2. The van der Waals surface area contributed by atoms with Gasteiger partial charge in [-0.1, -0.05) is 0 Å². The van der Waals surface area contributed by atoms with Gasteiger partial charge in [-0.2, -0.15) is 0 Å². The smallest absolute Gasteiger partial charge is 0.150 e. The Morgan fingerprint density at radius 3 is 2.26 bits per heavy atom. The third kappa shape index (κ3) is 3.55. The molecule has 0 fully saturated rings. The van der Waals surface area contributed by atoms with Crippen LogP contribution < -0.4 is 21.5 Å². The Bertz CT molecular complexity index is 550. The number of hydrogen-bond donors (Lipinski definition) is 3. The van der Waals surface area contributed by atoms with Crippen molar-refractivity contribution in [1.82, 2.24) is 0 Å². The molecule has 4 nitrogen and oxygen atoms in total. The fourth-order valence-electron chi connectivity index (χ4n) is 1.74. The van der Waals surface area contributed by atoms with Crippen molar-refractivity contribution < 1.29 is 4.74 Å². The third-order valence-corrected chi connectivity index (χ3v) is 2.57. The van der Waals surface area contributed by atoms with Crippen LogP contribution in [0, 0.1) is 0 Å². The highest BCUT2D eigenvalue weighted by atomic mass is 16.5. The molecule has 0 saturated carbocycles. The summed E-state index contributed by atoms with van der Waals surface area (Å²) in [5, 5.41) is 3.32. The molecular weight excluding hydrogens is 238 g/mol. The van der Waals surface area contributed by atoms with E-state index < -0.39 is 0 Å². The molecule has 0 unspecified atom stereocenters.